The molecule has 0 bridgehead atoms. The lowest BCUT2D eigenvalue weighted by Crippen LogP contribution is -2.43. The van der Waals surface area contributed by atoms with E-state index in [1.165, 1.54) is 6.08 Å². The third-order valence-corrected chi connectivity index (χ3v) is 3.87. The van der Waals surface area contributed by atoms with Crippen molar-refractivity contribution in [1.82, 2.24) is 10.6 Å². The van der Waals surface area contributed by atoms with Crippen LogP contribution in [-0.2, 0) is 16.1 Å². The second-order valence-electron chi connectivity index (χ2n) is 4.77. The molecule has 2 aromatic rings. The lowest BCUT2D eigenvalue weighted by atomic mass is 10.2. The maximum Gasteiger partial charge on any atom is 0.244 e. The average molecular weight is 314 g/mol. The second-order valence-corrected chi connectivity index (χ2v) is 5.80. The molecule has 2 N–H and O–H groups in total. The molecule has 1 aromatic carbocycles. The van der Waals surface area contributed by atoms with E-state index in [4.69, 9.17) is 0 Å². The van der Waals surface area contributed by atoms with E-state index in [1.807, 2.05) is 47.8 Å². The fourth-order valence-corrected chi connectivity index (χ4v) is 2.45. The maximum absolute atomic E-state index is 11.9. The standard InChI is InChI=1S/C17H18N2O2S/c1-13(17(21)18-12-15-8-5-11-22-15)19-16(20)10-9-14-6-3-2-4-7-14/h2-11,13H,12H2,1H3,(H,18,21)(H,19,20)/b10-9+. The lowest BCUT2D eigenvalue weighted by Gasteiger charge is -2.12. The fourth-order valence-electron chi connectivity index (χ4n) is 1.80. The lowest BCUT2D eigenvalue weighted by molar-refractivity contribution is -0.126. The molecule has 0 fully saturated rings. The Morgan fingerprint density at radius 1 is 1.18 bits per heavy atom. The van der Waals surface area contributed by atoms with Gasteiger partial charge < -0.3 is 10.6 Å². The molecule has 22 heavy (non-hydrogen) atoms. The molecule has 0 spiro atoms. The minimum Gasteiger partial charge on any atom is -0.349 e. The zero-order valence-corrected chi connectivity index (χ0v) is 13.1. The van der Waals surface area contributed by atoms with Gasteiger partial charge in [-0.15, -0.1) is 11.3 Å². The number of amides is 2. The number of carbonyl (C=O) groups excluding carboxylic acids is 2. The molecule has 4 nitrogen and oxygen atoms in total. The van der Waals surface area contributed by atoms with E-state index < -0.39 is 6.04 Å². The Hall–Kier alpha value is -2.40. The van der Waals surface area contributed by atoms with E-state index >= 15 is 0 Å². The summed E-state index contributed by atoms with van der Waals surface area (Å²) in [4.78, 5) is 24.8. The number of hydrogen-bond donors (Lipinski definition) is 2. The van der Waals surface area contributed by atoms with Crippen molar-refractivity contribution in [3.8, 4) is 0 Å². The third-order valence-electron chi connectivity index (χ3n) is 3.00. The molecule has 1 heterocycles. The van der Waals surface area contributed by atoms with Crippen LogP contribution in [0, 0.1) is 0 Å². The van der Waals surface area contributed by atoms with Crippen molar-refractivity contribution in [1.29, 1.82) is 0 Å². The van der Waals surface area contributed by atoms with Crippen molar-refractivity contribution < 1.29 is 9.59 Å². The predicted octanol–water partition coefficient (Wildman–Crippen LogP) is 2.58. The van der Waals surface area contributed by atoms with E-state index in [0.29, 0.717) is 6.54 Å². The first kappa shape index (κ1) is 16.0. The molecule has 0 aliphatic heterocycles. The van der Waals surface area contributed by atoms with Crippen LogP contribution in [0.3, 0.4) is 0 Å². The summed E-state index contributed by atoms with van der Waals surface area (Å²) >= 11 is 1.58. The summed E-state index contributed by atoms with van der Waals surface area (Å²) in [7, 11) is 0. The van der Waals surface area contributed by atoms with Gasteiger partial charge in [0.15, 0.2) is 0 Å². The average Bonchev–Trinajstić information content (AvgIpc) is 3.05. The number of carbonyl (C=O) groups is 2. The van der Waals surface area contributed by atoms with Gasteiger partial charge in [-0.2, -0.15) is 0 Å². The number of benzene rings is 1. The SMILES string of the molecule is CC(NC(=O)/C=C/c1ccccc1)C(=O)NCc1cccs1. The molecular formula is C17H18N2O2S. The van der Waals surface area contributed by atoms with E-state index in [0.717, 1.165) is 10.4 Å². The van der Waals surface area contributed by atoms with Crippen molar-refractivity contribution in [2.24, 2.45) is 0 Å². The molecule has 0 aliphatic rings. The second kappa shape index (κ2) is 8.14. The monoisotopic (exact) mass is 314 g/mol. The van der Waals surface area contributed by atoms with E-state index in [9.17, 15) is 9.59 Å². The van der Waals surface area contributed by atoms with E-state index in [-0.39, 0.29) is 11.8 Å². The minimum absolute atomic E-state index is 0.199. The zero-order valence-electron chi connectivity index (χ0n) is 12.3. The first-order chi connectivity index (χ1) is 10.6. The van der Waals surface area contributed by atoms with Gasteiger partial charge in [0.25, 0.3) is 0 Å². The highest BCUT2D eigenvalue weighted by Crippen LogP contribution is 2.07. The Bertz CT molecular complexity index is 636. The quantitative estimate of drug-likeness (QED) is 0.805. The first-order valence-corrected chi connectivity index (χ1v) is 7.87. The first-order valence-electron chi connectivity index (χ1n) is 6.99. The third kappa shape index (κ3) is 5.18. The summed E-state index contributed by atoms with van der Waals surface area (Å²) in [6.45, 7) is 2.15. The Kier molecular flexibility index (Phi) is 5.91. The van der Waals surface area contributed by atoms with Gasteiger partial charge >= 0.3 is 0 Å². The van der Waals surface area contributed by atoms with Crippen LogP contribution in [0.25, 0.3) is 6.08 Å². The molecule has 0 aliphatic carbocycles. The summed E-state index contributed by atoms with van der Waals surface area (Å²) in [6.07, 6.45) is 3.14. The maximum atomic E-state index is 11.9. The van der Waals surface area contributed by atoms with Crippen molar-refractivity contribution in [2.75, 3.05) is 0 Å². The largest absolute Gasteiger partial charge is 0.349 e. The molecule has 114 valence electrons. The van der Waals surface area contributed by atoms with Gasteiger partial charge in [0, 0.05) is 11.0 Å². The van der Waals surface area contributed by atoms with Crippen molar-refractivity contribution >= 4 is 29.2 Å². The van der Waals surface area contributed by atoms with E-state index in [2.05, 4.69) is 10.6 Å². The number of thiophene rings is 1. The zero-order chi connectivity index (χ0) is 15.8. The Morgan fingerprint density at radius 3 is 2.64 bits per heavy atom. The van der Waals surface area contributed by atoms with Crippen LogP contribution in [0.2, 0.25) is 0 Å². The molecule has 0 saturated carbocycles. The molecule has 5 heteroatoms. The number of rotatable bonds is 6. The summed E-state index contributed by atoms with van der Waals surface area (Å²) < 4.78 is 0. The molecule has 0 saturated heterocycles. The summed E-state index contributed by atoms with van der Waals surface area (Å²) in [5.74, 6) is -0.488. The number of nitrogens with one attached hydrogen (secondary N) is 2. The van der Waals surface area contributed by atoms with Crippen LogP contribution >= 0.6 is 11.3 Å². The summed E-state index contributed by atoms with van der Waals surface area (Å²) in [5, 5.41) is 7.40. The highest BCUT2D eigenvalue weighted by atomic mass is 32.1. The normalized spacial score (nSPS) is 12.0. The minimum atomic E-state index is -0.576. The van der Waals surface area contributed by atoms with Crippen LogP contribution in [0.5, 0.6) is 0 Å². The van der Waals surface area contributed by atoms with Gasteiger partial charge in [-0.25, -0.2) is 0 Å². The molecule has 0 radical (unpaired) electrons. The van der Waals surface area contributed by atoms with Crippen molar-refractivity contribution in [3.63, 3.8) is 0 Å². The molecule has 1 aromatic heterocycles. The summed E-state index contributed by atoms with van der Waals surface area (Å²) in [5.41, 5.74) is 0.937. The molecule has 2 amide bonds. The molecular weight excluding hydrogens is 296 g/mol. The Labute approximate surface area is 133 Å². The highest BCUT2D eigenvalue weighted by Gasteiger charge is 2.13. The van der Waals surface area contributed by atoms with Crippen LogP contribution in [0.4, 0.5) is 0 Å². The Balaban J connectivity index is 1.78. The molecule has 1 atom stereocenters. The van der Waals surface area contributed by atoms with Gasteiger partial charge in [-0.3, -0.25) is 9.59 Å². The van der Waals surface area contributed by atoms with Gasteiger partial charge in [-0.05, 0) is 30.0 Å². The molecule has 2 rings (SSSR count). The topological polar surface area (TPSA) is 58.2 Å². The number of hydrogen-bond acceptors (Lipinski definition) is 3. The fraction of sp³-hybridized carbons (Fsp3) is 0.176. The predicted molar refractivity (Wildman–Crippen MR) is 89.2 cm³/mol. The smallest absolute Gasteiger partial charge is 0.244 e. The van der Waals surface area contributed by atoms with Crippen LogP contribution in [0.1, 0.15) is 17.4 Å². The van der Waals surface area contributed by atoms with Gasteiger partial charge in [0.1, 0.15) is 6.04 Å². The Morgan fingerprint density at radius 2 is 1.95 bits per heavy atom. The molecule has 1 unspecified atom stereocenters. The van der Waals surface area contributed by atoms with Crippen molar-refractivity contribution in [3.05, 3.63) is 64.4 Å². The van der Waals surface area contributed by atoms with Gasteiger partial charge in [0.2, 0.25) is 11.8 Å². The van der Waals surface area contributed by atoms with Crippen LogP contribution in [0.15, 0.2) is 53.9 Å². The van der Waals surface area contributed by atoms with E-state index in [1.54, 1.807) is 24.3 Å². The van der Waals surface area contributed by atoms with Crippen molar-refractivity contribution in [2.45, 2.75) is 19.5 Å². The van der Waals surface area contributed by atoms with Gasteiger partial charge in [-0.1, -0.05) is 36.4 Å². The highest BCUT2D eigenvalue weighted by molar-refractivity contribution is 7.09. The van der Waals surface area contributed by atoms with Crippen LogP contribution < -0.4 is 10.6 Å². The summed E-state index contributed by atoms with van der Waals surface area (Å²) in [6, 6.07) is 12.8. The van der Waals surface area contributed by atoms with Crippen LogP contribution in [-0.4, -0.2) is 17.9 Å². The van der Waals surface area contributed by atoms with Gasteiger partial charge in [0.05, 0.1) is 6.54 Å².